The topological polar surface area (TPSA) is 41.1 Å². The maximum atomic E-state index is 12.3. The van der Waals surface area contributed by atoms with Gasteiger partial charge in [0, 0.05) is 37.7 Å². The number of rotatable bonds is 3. The van der Waals surface area contributed by atoms with Gasteiger partial charge in [0.25, 0.3) is 0 Å². The largest absolute Gasteiger partial charge is 0.314 e. The fraction of sp³-hybridized carbons (Fsp3) is 0.353. The molecule has 0 amide bonds. The third kappa shape index (κ3) is 3.06. The van der Waals surface area contributed by atoms with E-state index in [4.69, 9.17) is 0 Å². The molecule has 2 N–H and O–H groups in total. The summed E-state index contributed by atoms with van der Waals surface area (Å²) in [6.45, 7) is 2.75. The van der Waals surface area contributed by atoms with E-state index in [9.17, 15) is 4.79 Å². The van der Waals surface area contributed by atoms with Crippen LogP contribution in [0.15, 0.2) is 53.6 Å². The van der Waals surface area contributed by atoms with Crippen LogP contribution in [0.4, 0.5) is 0 Å². The lowest BCUT2D eigenvalue weighted by atomic mass is 9.89. The molecule has 1 unspecified atom stereocenters. The second-order valence-electron chi connectivity index (χ2n) is 5.42. The molecule has 3 nitrogen and oxygen atoms in total. The Morgan fingerprint density at radius 1 is 1.10 bits per heavy atom. The van der Waals surface area contributed by atoms with Crippen LogP contribution in [0.2, 0.25) is 0 Å². The van der Waals surface area contributed by atoms with E-state index in [0.29, 0.717) is 6.42 Å². The van der Waals surface area contributed by atoms with Gasteiger partial charge in [-0.05, 0) is 12.0 Å². The number of hydrogen-bond donors (Lipinski definition) is 2. The summed E-state index contributed by atoms with van der Waals surface area (Å²) < 4.78 is 0. The minimum Gasteiger partial charge on any atom is -0.314 e. The van der Waals surface area contributed by atoms with Crippen molar-refractivity contribution >= 4 is 5.78 Å². The molecular weight excluding hydrogens is 248 g/mol. The number of nitrogens with one attached hydrogen (secondary N) is 2. The lowest BCUT2D eigenvalue weighted by Gasteiger charge is -2.27. The Morgan fingerprint density at radius 2 is 1.95 bits per heavy atom. The Morgan fingerprint density at radius 3 is 2.65 bits per heavy atom. The normalized spacial score (nSPS) is 23.2. The molecule has 1 fully saturated rings. The van der Waals surface area contributed by atoms with Crippen molar-refractivity contribution in [3.63, 3.8) is 0 Å². The highest BCUT2D eigenvalue weighted by atomic mass is 16.1. The number of ketones is 1. The summed E-state index contributed by atoms with van der Waals surface area (Å²) in [6.07, 6.45) is 5.56. The van der Waals surface area contributed by atoms with Crippen LogP contribution in [-0.4, -0.2) is 31.5 Å². The standard InChI is InChI=1S/C17H20N2O/c20-17-11-14(10-13-4-2-1-3-5-13)6-7-15(17)16-12-18-8-9-19-16/h1-7,16,18-19H,8-12H2. The van der Waals surface area contributed by atoms with E-state index in [-0.39, 0.29) is 11.8 Å². The molecule has 0 aromatic heterocycles. The van der Waals surface area contributed by atoms with Gasteiger partial charge in [0.2, 0.25) is 0 Å². The molecule has 1 atom stereocenters. The fourth-order valence-electron chi connectivity index (χ4n) is 2.83. The summed E-state index contributed by atoms with van der Waals surface area (Å²) in [6, 6.07) is 10.5. The van der Waals surface area contributed by atoms with Crippen molar-refractivity contribution in [2.45, 2.75) is 18.9 Å². The Labute approximate surface area is 119 Å². The Hall–Kier alpha value is -1.71. The van der Waals surface area contributed by atoms with E-state index in [0.717, 1.165) is 31.6 Å². The summed E-state index contributed by atoms with van der Waals surface area (Å²) in [7, 11) is 0. The van der Waals surface area contributed by atoms with Crippen LogP contribution in [0.25, 0.3) is 0 Å². The number of allylic oxidation sites excluding steroid dienone is 3. The summed E-state index contributed by atoms with van der Waals surface area (Å²) in [5.74, 6) is 0.264. The highest BCUT2D eigenvalue weighted by Crippen LogP contribution is 2.21. The molecule has 1 heterocycles. The van der Waals surface area contributed by atoms with Crippen molar-refractivity contribution in [3.05, 3.63) is 59.2 Å². The maximum Gasteiger partial charge on any atom is 0.164 e. The molecule has 0 spiro atoms. The first-order valence-corrected chi connectivity index (χ1v) is 7.24. The highest BCUT2D eigenvalue weighted by Gasteiger charge is 2.24. The lowest BCUT2D eigenvalue weighted by molar-refractivity contribution is -0.115. The van der Waals surface area contributed by atoms with Crippen LogP contribution in [-0.2, 0) is 11.2 Å². The van der Waals surface area contributed by atoms with Crippen molar-refractivity contribution in [2.75, 3.05) is 19.6 Å². The van der Waals surface area contributed by atoms with E-state index in [1.54, 1.807) is 0 Å². The molecule has 0 radical (unpaired) electrons. The van der Waals surface area contributed by atoms with Crippen LogP contribution in [0.5, 0.6) is 0 Å². The molecular formula is C17H20N2O. The van der Waals surface area contributed by atoms with Crippen molar-refractivity contribution < 1.29 is 4.79 Å². The van der Waals surface area contributed by atoms with Crippen molar-refractivity contribution in [2.24, 2.45) is 0 Å². The zero-order chi connectivity index (χ0) is 13.8. The van der Waals surface area contributed by atoms with E-state index in [1.165, 1.54) is 11.1 Å². The average Bonchev–Trinajstić information content (AvgIpc) is 2.49. The Kier molecular flexibility index (Phi) is 4.09. The van der Waals surface area contributed by atoms with Crippen molar-refractivity contribution in [1.29, 1.82) is 0 Å². The third-order valence-corrected chi connectivity index (χ3v) is 3.90. The predicted octanol–water partition coefficient (Wildman–Crippen LogP) is 1.62. The first-order chi connectivity index (χ1) is 9.83. The van der Waals surface area contributed by atoms with Gasteiger partial charge in [-0.1, -0.05) is 48.1 Å². The first kappa shape index (κ1) is 13.3. The number of carbonyl (C=O) groups is 1. The third-order valence-electron chi connectivity index (χ3n) is 3.90. The average molecular weight is 268 g/mol. The van der Waals surface area contributed by atoms with Gasteiger partial charge in [-0.25, -0.2) is 0 Å². The van der Waals surface area contributed by atoms with Gasteiger partial charge < -0.3 is 10.6 Å². The van der Waals surface area contributed by atoms with Crippen molar-refractivity contribution in [1.82, 2.24) is 10.6 Å². The quantitative estimate of drug-likeness (QED) is 0.875. The smallest absolute Gasteiger partial charge is 0.164 e. The summed E-state index contributed by atoms with van der Waals surface area (Å²) in [5.41, 5.74) is 3.39. The summed E-state index contributed by atoms with van der Waals surface area (Å²) in [5, 5.41) is 6.73. The van der Waals surface area contributed by atoms with E-state index in [1.807, 2.05) is 24.3 Å². The molecule has 3 heteroatoms. The molecule has 1 saturated heterocycles. The minimum absolute atomic E-state index is 0.172. The molecule has 0 bridgehead atoms. The number of benzene rings is 1. The van der Waals surface area contributed by atoms with E-state index < -0.39 is 0 Å². The SMILES string of the molecule is O=C1CC(Cc2ccccc2)=CC=C1C1CNCCN1. The van der Waals surface area contributed by atoms with Crippen LogP contribution < -0.4 is 10.6 Å². The molecule has 104 valence electrons. The van der Waals surface area contributed by atoms with Gasteiger partial charge in [0.05, 0.1) is 0 Å². The van der Waals surface area contributed by atoms with Gasteiger partial charge in [0.15, 0.2) is 5.78 Å². The van der Waals surface area contributed by atoms with Crippen LogP contribution >= 0.6 is 0 Å². The molecule has 2 aliphatic rings. The van der Waals surface area contributed by atoms with Crippen LogP contribution in [0.1, 0.15) is 12.0 Å². The van der Waals surface area contributed by atoms with Gasteiger partial charge in [-0.2, -0.15) is 0 Å². The summed E-state index contributed by atoms with van der Waals surface area (Å²) in [4.78, 5) is 12.3. The lowest BCUT2D eigenvalue weighted by Crippen LogP contribution is -2.50. The molecule has 1 aromatic carbocycles. The van der Waals surface area contributed by atoms with Crippen LogP contribution in [0.3, 0.4) is 0 Å². The van der Waals surface area contributed by atoms with Gasteiger partial charge in [0.1, 0.15) is 0 Å². The van der Waals surface area contributed by atoms with Gasteiger partial charge in [-0.3, -0.25) is 4.79 Å². The maximum absolute atomic E-state index is 12.3. The minimum atomic E-state index is 0.172. The molecule has 1 aromatic rings. The van der Waals surface area contributed by atoms with Gasteiger partial charge in [-0.15, -0.1) is 0 Å². The second-order valence-corrected chi connectivity index (χ2v) is 5.42. The molecule has 20 heavy (non-hydrogen) atoms. The Balaban J connectivity index is 1.71. The molecule has 1 aliphatic carbocycles. The zero-order valence-corrected chi connectivity index (χ0v) is 11.6. The number of hydrogen-bond acceptors (Lipinski definition) is 3. The predicted molar refractivity (Wildman–Crippen MR) is 80.6 cm³/mol. The van der Waals surface area contributed by atoms with E-state index in [2.05, 4.69) is 28.8 Å². The number of carbonyl (C=O) groups excluding carboxylic acids is 1. The van der Waals surface area contributed by atoms with Crippen LogP contribution in [0, 0.1) is 0 Å². The van der Waals surface area contributed by atoms with Gasteiger partial charge >= 0.3 is 0 Å². The van der Waals surface area contributed by atoms with Crippen molar-refractivity contribution in [3.8, 4) is 0 Å². The van der Waals surface area contributed by atoms with E-state index >= 15 is 0 Å². The monoisotopic (exact) mass is 268 g/mol. The molecule has 0 saturated carbocycles. The number of Topliss-reactive ketones (excluding diaryl/α,β-unsaturated/α-hetero) is 1. The highest BCUT2D eigenvalue weighted by molar-refractivity contribution is 5.99. The molecule has 3 rings (SSSR count). The second kappa shape index (κ2) is 6.16. The number of piperazine rings is 1. The molecule has 1 aliphatic heterocycles. The summed E-state index contributed by atoms with van der Waals surface area (Å²) >= 11 is 0. The fourth-order valence-corrected chi connectivity index (χ4v) is 2.83. The zero-order valence-electron chi connectivity index (χ0n) is 11.6. The Bertz CT molecular complexity index is 539. The first-order valence-electron chi connectivity index (χ1n) is 7.24.